The molecule has 0 aromatic carbocycles. The van der Waals surface area contributed by atoms with E-state index in [1.807, 2.05) is 38.7 Å². The molecule has 0 saturated carbocycles. The van der Waals surface area contributed by atoms with Crippen molar-refractivity contribution in [3.05, 3.63) is 28.6 Å². The minimum atomic E-state index is -0.258. The second-order valence-electron chi connectivity index (χ2n) is 8.62. The summed E-state index contributed by atoms with van der Waals surface area (Å²) >= 11 is 0. The molecule has 1 N–H and O–H groups in total. The quantitative estimate of drug-likeness (QED) is 0.467. The fraction of sp³-hybridized carbons (Fsp3) is 0.625. The molecule has 1 aliphatic heterocycles. The third-order valence-electron chi connectivity index (χ3n) is 6.07. The average Bonchev–Trinajstić information content (AvgIpc) is 3.04. The summed E-state index contributed by atoms with van der Waals surface area (Å²) < 4.78 is 7.44. The number of amides is 2. The van der Waals surface area contributed by atoms with Gasteiger partial charge in [-0.15, -0.1) is 0 Å². The maximum Gasteiger partial charge on any atom is 0.264 e. The van der Waals surface area contributed by atoms with E-state index >= 15 is 0 Å². The van der Waals surface area contributed by atoms with Gasteiger partial charge in [0.1, 0.15) is 11.6 Å². The van der Waals surface area contributed by atoms with Crippen LogP contribution in [0.15, 0.2) is 11.6 Å². The van der Waals surface area contributed by atoms with E-state index in [-0.39, 0.29) is 29.5 Å². The lowest BCUT2D eigenvalue weighted by Gasteiger charge is -2.34. The Bertz CT molecular complexity index is 875. The van der Waals surface area contributed by atoms with Crippen LogP contribution in [-0.2, 0) is 14.3 Å². The van der Waals surface area contributed by atoms with Gasteiger partial charge in [0, 0.05) is 50.7 Å². The van der Waals surface area contributed by atoms with E-state index in [9.17, 15) is 14.9 Å². The van der Waals surface area contributed by atoms with E-state index in [1.165, 1.54) is 0 Å². The number of hydrogen-bond donors (Lipinski definition) is 1. The third-order valence-corrected chi connectivity index (χ3v) is 6.07. The molecular formula is C24H37N5O3. The molecule has 8 heteroatoms. The van der Waals surface area contributed by atoms with Crippen LogP contribution >= 0.6 is 0 Å². The summed E-state index contributed by atoms with van der Waals surface area (Å²) in [7, 11) is 1.68. The zero-order valence-electron chi connectivity index (χ0n) is 20.3. The monoisotopic (exact) mass is 443 g/mol. The molecule has 2 amide bonds. The summed E-state index contributed by atoms with van der Waals surface area (Å²) in [6.45, 7) is 13.2. The van der Waals surface area contributed by atoms with Crippen molar-refractivity contribution in [2.24, 2.45) is 0 Å². The average molecular weight is 444 g/mol. The Hall–Kier alpha value is -2.63. The molecule has 1 aromatic heterocycles. The van der Waals surface area contributed by atoms with Crippen LogP contribution in [0, 0.1) is 25.2 Å². The van der Waals surface area contributed by atoms with Crippen molar-refractivity contribution in [1.82, 2.24) is 19.7 Å². The van der Waals surface area contributed by atoms with Crippen molar-refractivity contribution < 1.29 is 14.3 Å². The SMILES string of the molecule is CCC(C)NC(=O)CN1CCN(C(=O)/C(C#N)=C/c2cc(C)n(C(C)COC)c2C)CC1. The van der Waals surface area contributed by atoms with E-state index < -0.39 is 0 Å². The van der Waals surface area contributed by atoms with Crippen LogP contribution in [0.3, 0.4) is 0 Å². The summed E-state index contributed by atoms with van der Waals surface area (Å²) in [6.07, 6.45) is 2.58. The lowest BCUT2D eigenvalue weighted by atomic mass is 10.1. The van der Waals surface area contributed by atoms with Gasteiger partial charge in [0.25, 0.3) is 5.91 Å². The van der Waals surface area contributed by atoms with Gasteiger partial charge in [-0.3, -0.25) is 14.5 Å². The summed E-state index contributed by atoms with van der Waals surface area (Å²) in [4.78, 5) is 28.8. The van der Waals surface area contributed by atoms with Gasteiger partial charge in [0.05, 0.1) is 19.2 Å². The fourth-order valence-corrected chi connectivity index (χ4v) is 4.15. The van der Waals surface area contributed by atoms with E-state index in [2.05, 4.69) is 22.9 Å². The molecule has 1 aromatic rings. The first kappa shape index (κ1) is 25.6. The van der Waals surface area contributed by atoms with Crippen LogP contribution in [0.4, 0.5) is 0 Å². The number of methoxy groups -OCH3 is 1. The highest BCUT2D eigenvalue weighted by molar-refractivity contribution is 6.01. The molecule has 2 atom stereocenters. The maximum atomic E-state index is 13.0. The summed E-state index contributed by atoms with van der Waals surface area (Å²) in [5.41, 5.74) is 3.07. The first-order valence-electron chi connectivity index (χ1n) is 11.3. The molecule has 1 fully saturated rings. The van der Waals surface area contributed by atoms with Gasteiger partial charge < -0.3 is 19.5 Å². The molecule has 2 unspecified atom stereocenters. The number of nitrogens with zero attached hydrogens (tertiary/aromatic N) is 4. The molecule has 0 spiro atoms. The number of carbonyl (C=O) groups excluding carboxylic acids is 2. The fourth-order valence-electron chi connectivity index (χ4n) is 4.15. The third kappa shape index (κ3) is 6.44. The van der Waals surface area contributed by atoms with Gasteiger partial charge >= 0.3 is 0 Å². The second kappa shape index (κ2) is 11.8. The number of carbonyl (C=O) groups is 2. The van der Waals surface area contributed by atoms with Crippen LogP contribution in [0.2, 0.25) is 0 Å². The van der Waals surface area contributed by atoms with Crippen molar-refractivity contribution in [3.63, 3.8) is 0 Å². The lowest BCUT2D eigenvalue weighted by Crippen LogP contribution is -2.51. The van der Waals surface area contributed by atoms with Gasteiger partial charge in [-0.1, -0.05) is 6.92 Å². The Morgan fingerprint density at radius 1 is 1.25 bits per heavy atom. The molecule has 8 nitrogen and oxygen atoms in total. The van der Waals surface area contributed by atoms with Crippen LogP contribution in [-0.4, -0.2) is 78.7 Å². The van der Waals surface area contributed by atoms with Crippen molar-refractivity contribution in [1.29, 1.82) is 5.26 Å². The number of nitriles is 1. The van der Waals surface area contributed by atoms with E-state index in [1.54, 1.807) is 18.1 Å². The van der Waals surface area contributed by atoms with Crippen LogP contribution in [0.25, 0.3) is 6.08 Å². The van der Waals surface area contributed by atoms with Crippen molar-refractivity contribution in [2.45, 2.75) is 53.1 Å². The van der Waals surface area contributed by atoms with Crippen LogP contribution in [0.5, 0.6) is 0 Å². The molecule has 2 rings (SSSR count). The minimum absolute atomic E-state index is 0.00907. The molecule has 1 aliphatic rings. The number of rotatable bonds is 9. The highest BCUT2D eigenvalue weighted by atomic mass is 16.5. The first-order valence-corrected chi connectivity index (χ1v) is 11.3. The van der Waals surface area contributed by atoms with Gasteiger partial charge in [0.15, 0.2) is 0 Å². The van der Waals surface area contributed by atoms with E-state index in [0.29, 0.717) is 39.3 Å². The normalized spacial score (nSPS) is 17.0. The van der Waals surface area contributed by atoms with Gasteiger partial charge in [0.2, 0.25) is 5.91 Å². The van der Waals surface area contributed by atoms with Crippen LogP contribution < -0.4 is 5.32 Å². The Morgan fingerprint density at radius 3 is 2.47 bits per heavy atom. The predicted molar refractivity (Wildman–Crippen MR) is 125 cm³/mol. The number of aryl methyl sites for hydroxylation is 1. The van der Waals surface area contributed by atoms with Gasteiger partial charge in [-0.2, -0.15) is 5.26 Å². The second-order valence-corrected chi connectivity index (χ2v) is 8.62. The van der Waals surface area contributed by atoms with E-state index in [0.717, 1.165) is 23.4 Å². The zero-order valence-corrected chi connectivity index (χ0v) is 20.3. The Kier molecular flexibility index (Phi) is 9.48. The molecule has 0 radical (unpaired) electrons. The highest BCUT2D eigenvalue weighted by Gasteiger charge is 2.25. The number of aromatic nitrogens is 1. The molecule has 176 valence electrons. The van der Waals surface area contributed by atoms with Gasteiger partial charge in [-0.25, -0.2) is 0 Å². The number of hydrogen-bond acceptors (Lipinski definition) is 5. The molecule has 2 heterocycles. The Morgan fingerprint density at radius 2 is 1.91 bits per heavy atom. The molecule has 0 aliphatic carbocycles. The van der Waals surface area contributed by atoms with Gasteiger partial charge in [-0.05, 0) is 51.8 Å². The summed E-state index contributed by atoms with van der Waals surface area (Å²) in [5, 5.41) is 12.6. The molecule has 1 saturated heterocycles. The smallest absolute Gasteiger partial charge is 0.264 e. The van der Waals surface area contributed by atoms with E-state index in [4.69, 9.17) is 4.74 Å². The highest BCUT2D eigenvalue weighted by Crippen LogP contribution is 2.23. The largest absolute Gasteiger partial charge is 0.383 e. The summed E-state index contributed by atoms with van der Waals surface area (Å²) in [5.74, 6) is -0.249. The molecule has 0 bridgehead atoms. The van der Waals surface area contributed by atoms with Crippen LogP contribution in [0.1, 0.15) is 50.2 Å². The number of piperazine rings is 1. The Balaban J connectivity index is 2.04. The minimum Gasteiger partial charge on any atom is -0.383 e. The number of ether oxygens (including phenoxy) is 1. The Labute approximate surface area is 191 Å². The van der Waals surface area contributed by atoms with Crippen molar-refractivity contribution in [3.8, 4) is 6.07 Å². The summed E-state index contributed by atoms with van der Waals surface area (Å²) in [6, 6.07) is 4.41. The predicted octanol–water partition coefficient (Wildman–Crippen LogP) is 2.28. The van der Waals surface area contributed by atoms with Crippen molar-refractivity contribution >= 4 is 17.9 Å². The lowest BCUT2D eigenvalue weighted by molar-refractivity contribution is -0.129. The topological polar surface area (TPSA) is 90.6 Å². The zero-order chi connectivity index (χ0) is 23.8. The first-order chi connectivity index (χ1) is 15.2. The maximum absolute atomic E-state index is 13.0. The molecule has 32 heavy (non-hydrogen) atoms. The van der Waals surface area contributed by atoms with Crippen molar-refractivity contribution in [2.75, 3.05) is 46.4 Å². The standard InChI is InChI=1S/C24H37N5O3/c1-7-17(2)26-23(30)15-27-8-10-28(11-9-27)24(31)22(14-25)13-21-12-18(3)29(20(21)5)19(4)16-32-6/h12-13,17,19H,7-11,15-16H2,1-6H3,(H,26,30)/b22-13+. The number of nitrogens with one attached hydrogen (secondary N) is 1. The molecular weight excluding hydrogens is 406 g/mol.